The predicted octanol–water partition coefficient (Wildman–Crippen LogP) is 2.90. The summed E-state index contributed by atoms with van der Waals surface area (Å²) >= 11 is 5.82. The molecule has 1 N–H and O–H groups in total. The summed E-state index contributed by atoms with van der Waals surface area (Å²) in [5, 5.41) is 9.43. The van der Waals surface area contributed by atoms with Gasteiger partial charge < -0.3 is 9.84 Å². The Balaban J connectivity index is 1.90. The molecular formula is C17H17ClO4S. The van der Waals surface area contributed by atoms with Gasteiger partial charge in [-0.25, -0.2) is 8.42 Å². The van der Waals surface area contributed by atoms with Crippen molar-refractivity contribution in [2.75, 3.05) is 13.7 Å². The van der Waals surface area contributed by atoms with Gasteiger partial charge in [0.2, 0.25) is 0 Å². The first-order chi connectivity index (χ1) is 11.0. The minimum absolute atomic E-state index is 0.159. The van der Waals surface area contributed by atoms with Crippen molar-refractivity contribution in [2.24, 2.45) is 5.92 Å². The second-order valence-electron chi connectivity index (χ2n) is 5.61. The summed E-state index contributed by atoms with van der Waals surface area (Å²) in [5.74, 6) is 0.225. The van der Waals surface area contributed by atoms with Gasteiger partial charge in [0.05, 0.1) is 17.3 Å². The standard InChI is InChI=1S/C17H17ClO4S/c1-22-13-6-2-11(3-7-13)16-15(10-19)17(16)23(20,21)14-8-4-12(18)5-9-14/h2-9,15-17,19H,10H2,1H3/t15-,16+,17-/m0/s1. The molecule has 1 fully saturated rings. The van der Waals surface area contributed by atoms with Gasteiger partial charge in [-0.15, -0.1) is 0 Å². The molecule has 122 valence electrons. The monoisotopic (exact) mass is 352 g/mol. The average molecular weight is 353 g/mol. The van der Waals surface area contributed by atoms with Gasteiger partial charge in [-0.2, -0.15) is 0 Å². The lowest BCUT2D eigenvalue weighted by Gasteiger charge is -2.05. The first-order valence-corrected chi connectivity index (χ1v) is 9.15. The summed E-state index contributed by atoms with van der Waals surface area (Å²) in [5.41, 5.74) is 0.896. The van der Waals surface area contributed by atoms with Gasteiger partial charge >= 0.3 is 0 Å². The van der Waals surface area contributed by atoms with Crippen LogP contribution in [0.1, 0.15) is 11.5 Å². The number of halogens is 1. The number of benzene rings is 2. The molecule has 0 unspecified atom stereocenters. The van der Waals surface area contributed by atoms with Crippen molar-refractivity contribution in [2.45, 2.75) is 16.1 Å². The SMILES string of the molecule is COc1ccc([C@@H]2[C@H](CO)[C@@H]2S(=O)(=O)c2ccc(Cl)cc2)cc1. The van der Waals surface area contributed by atoms with Crippen molar-refractivity contribution in [3.05, 3.63) is 59.1 Å². The highest BCUT2D eigenvalue weighted by atomic mass is 35.5. The maximum Gasteiger partial charge on any atom is 0.182 e. The highest BCUT2D eigenvalue weighted by molar-refractivity contribution is 7.92. The molecule has 0 amide bonds. The van der Waals surface area contributed by atoms with E-state index in [0.717, 1.165) is 5.56 Å². The fourth-order valence-corrected chi connectivity index (χ4v) is 5.35. The third kappa shape index (κ3) is 2.96. The van der Waals surface area contributed by atoms with Crippen LogP contribution < -0.4 is 4.74 Å². The Bertz CT molecular complexity index is 784. The summed E-state index contributed by atoms with van der Waals surface area (Å²) in [4.78, 5) is 0.237. The Hall–Kier alpha value is -1.56. The van der Waals surface area contributed by atoms with Crippen LogP contribution in [0.15, 0.2) is 53.4 Å². The Morgan fingerprint density at radius 1 is 1.09 bits per heavy atom. The molecule has 4 nitrogen and oxygen atoms in total. The van der Waals surface area contributed by atoms with Crippen molar-refractivity contribution in [3.8, 4) is 5.75 Å². The zero-order valence-corrected chi connectivity index (χ0v) is 14.1. The number of hydrogen-bond donors (Lipinski definition) is 1. The number of ether oxygens (including phenoxy) is 1. The summed E-state index contributed by atoms with van der Waals surface area (Å²) in [6, 6.07) is 13.4. The van der Waals surface area contributed by atoms with E-state index in [2.05, 4.69) is 0 Å². The number of methoxy groups -OCH3 is 1. The predicted molar refractivity (Wildman–Crippen MR) is 88.7 cm³/mol. The van der Waals surface area contributed by atoms with E-state index in [0.29, 0.717) is 10.8 Å². The molecule has 3 rings (SSSR count). The number of sulfone groups is 1. The van der Waals surface area contributed by atoms with Gasteiger partial charge in [-0.05, 0) is 42.0 Å². The van der Waals surface area contributed by atoms with E-state index >= 15 is 0 Å². The van der Waals surface area contributed by atoms with Crippen LogP contribution in [0.5, 0.6) is 5.75 Å². The van der Waals surface area contributed by atoms with E-state index in [-0.39, 0.29) is 23.3 Å². The minimum atomic E-state index is -3.51. The van der Waals surface area contributed by atoms with Gasteiger partial charge in [-0.1, -0.05) is 23.7 Å². The van der Waals surface area contributed by atoms with E-state index < -0.39 is 15.1 Å². The molecule has 2 aromatic carbocycles. The average Bonchev–Trinajstić information content (AvgIpc) is 3.31. The van der Waals surface area contributed by atoms with Crippen LogP contribution in [0.2, 0.25) is 5.02 Å². The highest BCUT2D eigenvalue weighted by Gasteiger charge is 2.58. The Morgan fingerprint density at radius 2 is 1.70 bits per heavy atom. The number of aliphatic hydroxyl groups is 1. The van der Waals surface area contributed by atoms with Crippen molar-refractivity contribution >= 4 is 21.4 Å². The number of hydrogen-bond acceptors (Lipinski definition) is 4. The number of aliphatic hydroxyl groups excluding tert-OH is 1. The fourth-order valence-electron chi connectivity index (χ4n) is 3.03. The van der Waals surface area contributed by atoms with Crippen LogP contribution in [-0.2, 0) is 9.84 Å². The van der Waals surface area contributed by atoms with E-state index in [1.807, 2.05) is 12.1 Å². The largest absolute Gasteiger partial charge is 0.497 e. The molecular weight excluding hydrogens is 336 g/mol. The lowest BCUT2D eigenvalue weighted by molar-refractivity contribution is 0.274. The van der Waals surface area contributed by atoms with Crippen molar-refractivity contribution < 1.29 is 18.3 Å². The molecule has 0 aliphatic heterocycles. The molecule has 0 aromatic heterocycles. The molecule has 0 radical (unpaired) electrons. The van der Waals surface area contributed by atoms with Crippen LogP contribution >= 0.6 is 11.6 Å². The van der Waals surface area contributed by atoms with Crippen LogP contribution in [0, 0.1) is 5.92 Å². The second kappa shape index (κ2) is 6.15. The second-order valence-corrected chi connectivity index (χ2v) is 8.15. The zero-order valence-electron chi connectivity index (χ0n) is 12.5. The summed E-state index contributed by atoms with van der Waals surface area (Å²) in [6.45, 7) is -0.159. The van der Waals surface area contributed by atoms with E-state index in [9.17, 15) is 13.5 Å². The van der Waals surface area contributed by atoms with Crippen LogP contribution in [0.4, 0.5) is 0 Å². The Labute approximate surface area is 140 Å². The first-order valence-electron chi connectivity index (χ1n) is 7.23. The van der Waals surface area contributed by atoms with E-state index in [4.69, 9.17) is 16.3 Å². The molecule has 6 heteroatoms. The lowest BCUT2D eigenvalue weighted by atomic mass is 10.1. The molecule has 0 heterocycles. The van der Waals surface area contributed by atoms with Crippen LogP contribution in [0.25, 0.3) is 0 Å². The molecule has 0 saturated heterocycles. The normalized spacial score (nSPS) is 23.5. The molecule has 23 heavy (non-hydrogen) atoms. The van der Waals surface area contributed by atoms with Crippen molar-refractivity contribution in [1.82, 2.24) is 0 Å². The molecule has 1 aliphatic carbocycles. The molecule has 0 spiro atoms. The summed E-state index contributed by atoms with van der Waals surface area (Å²) < 4.78 is 30.7. The molecule has 1 saturated carbocycles. The van der Waals surface area contributed by atoms with Gasteiger partial charge in [0.15, 0.2) is 9.84 Å². The molecule has 2 aromatic rings. The quantitative estimate of drug-likeness (QED) is 0.898. The lowest BCUT2D eigenvalue weighted by Crippen LogP contribution is -2.11. The maximum atomic E-state index is 12.8. The van der Waals surface area contributed by atoms with Crippen LogP contribution in [0.3, 0.4) is 0 Å². The topological polar surface area (TPSA) is 63.6 Å². The summed E-state index contributed by atoms with van der Waals surface area (Å²) in [7, 11) is -1.93. The smallest absolute Gasteiger partial charge is 0.182 e. The van der Waals surface area contributed by atoms with Gasteiger partial charge in [0.25, 0.3) is 0 Å². The molecule has 3 atom stereocenters. The fraction of sp³-hybridized carbons (Fsp3) is 0.294. The Morgan fingerprint density at radius 3 is 2.22 bits per heavy atom. The van der Waals surface area contributed by atoms with E-state index in [1.54, 1.807) is 31.4 Å². The minimum Gasteiger partial charge on any atom is -0.497 e. The van der Waals surface area contributed by atoms with Gasteiger partial charge in [0.1, 0.15) is 5.75 Å². The number of rotatable bonds is 5. The van der Waals surface area contributed by atoms with Gasteiger partial charge in [0, 0.05) is 23.5 Å². The third-order valence-electron chi connectivity index (χ3n) is 4.31. The van der Waals surface area contributed by atoms with Crippen molar-refractivity contribution in [3.63, 3.8) is 0 Å². The third-order valence-corrected chi connectivity index (χ3v) is 6.85. The van der Waals surface area contributed by atoms with Crippen molar-refractivity contribution in [1.29, 1.82) is 0 Å². The maximum absolute atomic E-state index is 12.8. The highest BCUT2D eigenvalue weighted by Crippen LogP contribution is 2.53. The van der Waals surface area contributed by atoms with Gasteiger partial charge in [-0.3, -0.25) is 0 Å². The van der Waals surface area contributed by atoms with E-state index in [1.165, 1.54) is 12.1 Å². The van der Waals surface area contributed by atoms with Crippen LogP contribution in [-0.4, -0.2) is 32.5 Å². The Kier molecular flexibility index (Phi) is 4.36. The molecule has 0 bridgehead atoms. The molecule has 1 aliphatic rings. The summed E-state index contributed by atoms with van der Waals surface area (Å²) in [6.07, 6.45) is 0. The zero-order chi connectivity index (χ0) is 16.6. The first kappa shape index (κ1) is 16.3.